The first kappa shape index (κ1) is 15.2. The summed E-state index contributed by atoms with van der Waals surface area (Å²) in [6.07, 6.45) is 1.47. The van der Waals surface area contributed by atoms with E-state index in [1.807, 2.05) is 36.4 Å². The van der Waals surface area contributed by atoms with Crippen molar-refractivity contribution >= 4 is 11.6 Å². The largest absolute Gasteiger partial charge is 0.356 e. The lowest BCUT2D eigenvalue weighted by molar-refractivity contribution is -0.118. The molecule has 1 aliphatic carbocycles. The number of nitrogens with one attached hydrogen (secondary N) is 1. The van der Waals surface area contributed by atoms with Crippen LogP contribution in [0.1, 0.15) is 24.1 Å². The minimum absolute atomic E-state index is 0.115. The van der Waals surface area contributed by atoms with Crippen molar-refractivity contribution in [3.63, 3.8) is 0 Å². The van der Waals surface area contributed by atoms with E-state index < -0.39 is 5.41 Å². The maximum atomic E-state index is 12.8. The van der Waals surface area contributed by atoms with E-state index in [0.717, 1.165) is 18.4 Å². The van der Waals surface area contributed by atoms with Crippen molar-refractivity contribution in [2.45, 2.75) is 18.3 Å². The maximum absolute atomic E-state index is 12.8. The van der Waals surface area contributed by atoms with Gasteiger partial charge in [0, 0.05) is 17.3 Å². The standard InChI is InChI=1S/C20H15N3O2/c21-13-14-5-4-8-16(11-14)22-19(24)20(9-10-20)18-12-17(25-23-18)15-6-2-1-3-7-15/h1-8,11-12H,9-10H2,(H,22,24). The van der Waals surface area contributed by atoms with Crippen LogP contribution in [0.3, 0.4) is 0 Å². The fourth-order valence-corrected chi connectivity index (χ4v) is 2.88. The predicted octanol–water partition coefficient (Wildman–Crippen LogP) is 3.88. The highest BCUT2D eigenvalue weighted by Gasteiger charge is 2.53. The van der Waals surface area contributed by atoms with Gasteiger partial charge in [-0.15, -0.1) is 0 Å². The molecule has 1 amide bonds. The molecule has 4 rings (SSSR count). The number of hydrogen-bond acceptors (Lipinski definition) is 4. The van der Waals surface area contributed by atoms with Crippen LogP contribution in [0.15, 0.2) is 65.2 Å². The Labute approximate surface area is 144 Å². The number of amides is 1. The van der Waals surface area contributed by atoms with Crippen LogP contribution in [-0.4, -0.2) is 11.1 Å². The number of benzene rings is 2. The number of hydrogen-bond donors (Lipinski definition) is 1. The van der Waals surface area contributed by atoms with Crippen molar-refractivity contribution in [2.75, 3.05) is 5.32 Å². The summed E-state index contributed by atoms with van der Waals surface area (Å²) in [5.41, 5.74) is 2.07. The molecule has 1 fully saturated rings. The SMILES string of the molecule is N#Cc1cccc(NC(=O)C2(c3cc(-c4ccccc4)on3)CC2)c1. The van der Waals surface area contributed by atoms with Gasteiger partial charge in [0.1, 0.15) is 0 Å². The summed E-state index contributed by atoms with van der Waals surface area (Å²) >= 11 is 0. The molecular formula is C20H15N3O2. The quantitative estimate of drug-likeness (QED) is 0.787. The first-order valence-electron chi connectivity index (χ1n) is 8.05. The normalized spacial score (nSPS) is 14.5. The van der Waals surface area contributed by atoms with Gasteiger partial charge in [0.15, 0.2) is 5.76 Å². The molecule has 0 radical (unpaired) electrons. The third kappa shape index (κ3) is 2.79. The molecule has 0 atom stereocenters. The molecule has 1 heterocycles. The molecule has 1 aliphatic rings. The van der Waals surface area contributed by atoms with Crippen molar-refractivity contribution < 1.29 is 9.32 Å². The number of nitriles is 1. The Morgan fingerprint density at radius 1 is 1.12 bits per heavy atom. The molecule has 0 bridgehead atoms. The van der Waals surface area contributed by atoms with E-state index in [4.69, 9.17) is 9.78 Å². The van der Waals surface area contributed by atoms with Crippen LogP contribution in [0.4, 0.5) is 5.69 Å². The summed E-state index contributed by atoms with van der Waals surface area (Å²) in [5, 5.41) is 16.0. The van der Waals surface area contributed by atoms with Crippen LogP contribution in [0.2, 0.25) is 0 Å². The highest BCUT2D eigenvalue weighted by Crippen LogP contribution is 2.49. The maximum Gasteiger partial charge on any atom is 0.236 e. The Morgan fingerprint density at radius 3 is 2.64 bits per heavy atom. The number of aromatic nitrogens is 1. The number of rotatable bonds is 4. The van der Waals surface area contributed by atoms with Crippen LogP contribution >= 0.6 is 0 Å². The van der Waals surface area contributed by atoms with Crippen molar-refractivity contribution in [2.24, 2.45) is 0 Å². The lowest BCUT2D eigenvalue weighted by atomic mass is 10.00. The fraction of sp³-hybridized carbons (Fsp3) is 0.150. The Morgan fingerprint density at radius 2 is 1.92 bits per heavy atom. The average molecular weight is 329 g/mol. The van der Waals surface area contributed by atoms with Gasteiger partial charge in [0.2, 0.25) is 5.91 Å². The van der Waals surface area contributed by atoms with Gasteiger partial charge in [-0.25, -0.2) is 0 Å². The molecule has 1 saturated carbocycles. The summed E-state index contributed by atoms with van der Waals surface area (Å²) < 4.78 is 5.44. The molecule has 3 aromatic rings. The van der Waals surface area contributed by atoms with E-state index in [1.54, 1.807) is 24.3 Å². The van der Waals surface area contributed by atoms with Gasteiger partial charge in [-0.3, -0.25) is 4.79 Å². The summed E-state index contributed by atoms with van der Waals surface area (Å²) in [7, 11) is 0. The molecule has 5 heteroatoms. The van der Waals surface area contributed by atoms with E-state index in [0.29, 0.717) is 22.7 Å². The zero-order valence-corrected chi connectivity index (χ0v) is 13.4. The first-order valence-corrected chi connectivity index (χ1v) is 8.05. The van der Waals surface area contributed by atoms with Crippen molar-refractivity contribution in [1.29, 1.82) is 5.26 Å². The average Bonchev–Trinajstić information content (AvgIpc) is 3.32. The molecule has 0 unspecified atom stereocenters. The fourth-order valence-electron chi connectivity index (χ4n) is 2.88. The zero-order valence-electron chi connectivity index (χ0n) is 13.4. The Bertz CT molecular complexity index is 966. The second-order valence-corrected chi connectivity index (χ2v) is 6.17. The van der Waals surface area contributed by atoms with Gasteiger partial charge >= 0.3 is 0 Å². The van der Waals surface area contributed by atoms with Gasteiger partial charge in [-0.2, -0.15) is 5.26 Å². The van der Waals surface area contributed by atoms with E-state index in [2.05, 4.69) is 16.5 Å². The van der Waals surface area contributed by atoms with Crippen LogP contribution in [-0.2, 0) is 10.2 Å². The van der Waals surface area contributed by atoms with Crippen LogP contribution in [0, 0.1) is 11.3 Å². The predicted molar refractivity (Wildman–Crippen MR) is 92.6 cm³/mol. The van der Waals surface area contributed by atoms with Gasteiger partial charge in [-0.05, 0) is 31.0 Å². The molecule has 0 saturated heterocycles. The lowest BCUT2D eigenvalue weighted by Crippen LogP contribution is -2.28. The molecule has 5 nitrogen and oxygen atoms in total. The molecule has 0 aliphatic heterocycles. The second kappa shape index (κ2) is 5.91. The van der Waals surface area contributed by atoms with Gasteiger partial charge < -0.3 is 9.84 Å². The molecule has 25 heavy (non-hydrogen) atoms. The summed E-state index contributed by atoms with van der Waals surface area (Å²) in [4.78, 5) is 12.8. The number of nitrogens with zero attached hydrogens (tertiary/aromatic N) is 2. The van der Waals surface area contributed by atoms with Crippen LogP contribution < -0.4 is 5.32 Å². The van der Waals surface area contributed by atoms with Gasteiger partial charge in [-0.1, -0.05) is 41.6 Å². The van der Waals surface area contributed by atoms with Gasteiger partial charge in [0.05, 0.1) is 22.7 Å². The van der Waals surface area contributed by atoms with Gasteiger partial charge in [0.25, 0.3) is 0 Å². The Hall–Kier alpha value is -3.39. The molecule has 122 valence electrons. The molecule has 1 aromatic heterocycles. The number of carbonyl (C=O) groups excluding carboxylic acids is 1. The van der Waals surface area contributed by atoms with Crippen LogP contribution in [0.25, 0.3) is 11.3 Å². The molecule has 1 N–H and O–H groups in total. The van der Waals surface area contributed by atoms with E-state index in [1.165, 1.54) is 0 Å². The lowest BCUT2D eigenvalue weighted by Gasteiger charge is -2.12. The summed E-state index contributed by atoms with van der Waals surface area (Å²) in [6.45, 7) is 0. The Balaban J connectivity index is 1.57. The minimum Gasteiger partial charge on any atom is -0.356 e. The van der Waals surface area contributed by atoms with Crippen molar-refractivity contribution in [1.82, 2.24) is 5.16 Å². The first-order chi connectivity index (χ1) is 12.2. The molecular weight excluding hydrogens is 314 g/mol. The highest BCUT2D eigenvalue weighted by molar-refractivity contribution is 6.01. The van der Waals surface area contributed by atoms with E-state index in [-0.39, 0.29) is 5.91 Å². The third-order valence-electron chi connectivity index (χ3n) is 4.49. The third-order valence-corrected chi connectivity index (χ3v) is 4.49. The highest BCUT2D eigenvalue weighted by atomic mass is 16.5. The topological polar surface area (TPSA) is 78.9 Å². The zero-order chi connectivity index (χ0) is 17.3. The monoisotopic (exact) mass is 329 g/mol. The summed E-state index contributed by atoms with van der Waals surface area (Å²) in [6, 6.07) is 20.5. The minimum atomic E-state index is -0.640. The number of anilines is 1. The summed E-state index contributed by atoms with van der Waals surface area (Å²) in [5.74, 6) is 0.539. The smallest absolute Gasteiger partial charge is 0.236 e. The van der Waals surface area contributed by atoms with E-state index >= 15 is 0 Å². The van der Waals surface area contributed by atoms with Crippen molar-refractivity contribution in [3.05, 3.63) is 71.9 Å². The number of carbonyl (C=O) groups is 1. The van der Waals surface area contributed by atoms with Crippen LogP contribution in [0.5, 0.6) is 0 Å². The molecule has 0 spiro atoms. The van der Waals surface area contributed by atoms with E-state index in [9.17, 15) is 4.79 Å². The second-order valence-electron chi connectivity index (χ2n) is 6.17. The Kier molecular flexibility index (Phi) is 3.58. The molecule has 2 aromatic carbocycles. The van der Waals surface area contributed by atoms with Crippen molar-refractivity contribution in [3.8, 4) is 17.4 Å².